The zero-order valence-corrected chi connectivity index (χ0v) is 34.4. The van der Waals surface area contributed by atoms with Gasteiger partial charge in [0.15, 0.2) is 22.8 Å². The molecule has 6 aliphatic heterocycles. The van der Waals surface area contributed by atoms with E-state index in [1.165, 1.54) is 118 Å². The molecule has 14 rings (SSSR count). The number of aromatic nitrogens is 3. The van der Waals surface area contributed by atoms with Gasteiger partial charge in [0.25, 0.3) is 11.6 Å². The Kier molecular flexibility index (Phi) is 5.25. The smallest absolute Gasteiger partial charge is 0.308 e. The van der Waals surface area contributed by atoms with Crippen molar-refractivity contribution in [2.24, 2.45) is 0 Å². The lowest BCUT2D eigenvalue weighted by molar-refractivity contribution is -0.928. The summed E-state index contributed by atoms with van der Waals surface area (Å²) >= 11 is 0. The second-order valence-corrected chi connectivity index (χ2v) is 19.4. The van der Waals surface area contributed by atoms with Gasteiger partial charge in [-0.25, -0.2) is 0 Å². The van der Waals surface area contributed by atoms with E-state index in [2.05, 4.69) is 194 Å². The predicted octanol–water partition coefficient (Wildman–Crippen LogP) is 12.0. The van der Waals surface area contributed by atoms with Crippen molar-refractivity contribution in [2.45, 2.75) is 83.7 Å². The lowest BCUT2D eigenvalue weighted by atomic mass is 9.67. The van der Waals surface area contributed by atoms with Crippen LogP contribution in [0.3, 0.4) is 0 Å². The van der Waals surface area contributed by atoms with Gasteiger partial charge in [0.05, 0.1) is 16.7 Å². The number of fused-ring (bicyclic) bond motifs is 11. The standard InChI is InChI=1S/C53H45N5/c1-28(2)30-23-42-43-24-31(29(3)4)26-45-56-40-20-14-11-17-35(40)52(7,8)37-27-33-32-15-9-12-18-38(32)54-41-22-21-36-49-46(41)53(58(43)45,47(48(33)54)50(37)56)57(42)44(25-30)55(49)39-19-13-10-16-34(39)51(36,5)6/h9-29H,1-8H3/q+2. The highest BCUT2D eigenvalue weighted by molar-refractivity contribution is 6.15. The molecule has 0 fully saturated rings. The van der Waals surface area contributed by atoms with Crippen molar-refractivity contribution >= 4 is 56.2 Å². The van der Waals surface area contributed by atoms with Gasteiger partial charge in [0, 0.05) is 56.0 Å². The lowest BCUT2D eigenvalue weighted by Gasteiger charge is -2.49. The molecular weight excluding hydrogens is 707 g/mol. The Balaban J connectivity index is 1.32. The summed E-state index contributed by atoms with van der Waals surface area (Å²) in [4.78, 5) is 5.34. The predicted molar refractivity (Wildman–Crippen MR) is 234 cm³/mol. The number of para-hydroxylation sites is 3. The maximum atomic E-state index is 2.80. The van der Waals surface area contributed by atoms with Crippen molar-refractivity contribution in [3.8, 4) is 17.1 Å². The molecule has 0 saturated carbocycles. The second-order valence-electron chi connectivity index (χ2n) is 19.4. The van der Waals surface area contributed by atoms with Crippen LogP contribution in [-0.4, -0.2) is 4.57 Å². The number of benzene rings is 5. The number of nitrogens with zero attached hydrogens (tertiary/aromatic N) is 5. The zero-order chi connectivity index (χ0) is 39.1. The summed E-state index contributed by atoms with van der Waals surface area (Å²) in [5.41, 5.74) is 21.5. The summed E-state index contributed by atoms with van der Waals surface area (Å²) in [5.74, 6) is 3.18. The molecule has 1 unspecified atom stereocenters. The first-order valence-electron chi connectivity index (χ1n) is 21.3. The first kappa shape index (κ1) is 31.8. The van der Waals surface area contributed by atoms with Gasteiger partial charge in [-0.15, -0.1) is 0 Å². The maximum absolute atomic E-state index is 2.80. The van der Waals surface area contributed by atoms with Crippen LogP contribution in [0.15, 0.2) is 115 Å². The van der Waals surface area contributed by atoms with Crippen LogP contribution < -0.4 is 18.9 Å². The molecule has 0 aliphatic carbocycles. The van der Waals surface area contributed by atoms with Crippen molar-refractivity contribution in [3.63, 3.8) is 0 Å². The highest BCUT2D eigenvalue weighted by Gasteiger charge is 2.72. The summed E-state index contributed by atoms with van der Waals surface area (Å²) in [7, 11) is 0. The maximum Gasteiger partial charge on any atom is 0.319 e. The van der Waals surface area contributed by atoms with Gasteiger partial charge in [-0.3, -0.25) is 0 Å². The van der Waals surface area contributed by atoms with Crippen LogP contribution >= 0.6 is 0 Å². The fourth-order valence-corrected chi connectivity index (χ4v) is 12.6. The van der Waals surface area contributed by atoms with E-state index in [1.807, 2.05) is 0 Å². The van der Waals surface area contributed by atoms with Crippen molar-refractivity contribution in [3.05, 3.63) is 160 Å². The van der Waals surface area contributed by atoms with E-state index in [0.29, 0.717) is 11.8 Å². The van der Waals surface area contributed by atoms with E-state index in [-0.39, 0.29) is 10.8 Å². The number of anilines is 6. The molecule has 1 atom stereocenters. The van der Waals surface area contributed by atoms with E-state index < -0.39 is 5.66 Å². The van der Waals surface area contributed by atoms with Gasteiger partial charge >= 0.3 is 5.66 Å². The molecule has 0 amide bonds. The van der Waals surface area contributed by atoms with Gasteiger partial charge < -0.3 is 4.57 Å². The van der Waals surface area contributed by atoms with Crippen molar-refractivity contribution in [2.75, 3.05) is 9.80 Å². The third-order valence-corrected chi connectivity index (χ3v) is 15.3. The molecule has 0 saturated heterocycles. The summed E-state index contributed by atoms with van der Waals surface area (Å²) in [5, 5.41) is 2.64. The molecule has 3 aromatic heterocycles. The SMILES string of the molecule is CC(C)c1cc2[n+]3c(c1)N1c4ccccc4C(C)(C)c4ccc5c(c41)C31c3c4c(cc6c7ccccc7n-5c36)C(C)(C)c3ccccc3N4c3cc(C(C)C)cc-2[n+]31. The molecule has 6 aliphatic rings. The fraction of sp³-hybridized carbons (Fsp3) is 0.245. The van der Waals surface area contributed by atoms with E-state index >= 15 is 0 Å². The fourth-order valence-electron chi connectivity index (χ4n) is 12.6. The Morgan fingerprint density at radius 3 is 1.62 bits per heavy atom. The first-order chi connectivity index (χ1) is 28.0. The monoisotopic (exact) mass is 751 g/mol. The summed E-state index contributed by atoms with van der Waals surface area (Å²) < 4.78 is 8.25. The molecule has 0 radical (unpaired) electrons. The van der Waals surface area contributed by atoms with Crippen molar-refractivity contribution in [1.82, 2.24) is 4.57 Å². The quantitative estimate of drug-likeness (QED) is 0.164. The minimum atomic E-state index is -0.688. The molecule has 1 spiro atoms. The lowest BCUT2D eigenvalue weighted by Crippen LogP contribution is -2.77. The van der Waals surface area contributed by atoms with Crippen LogP contribution in [0.5, 0.6) is 0 Å². The van der Waals surface area contributed by atoms with Gasteiger partial charge in [-0.05, 0) is 65.4 Å². The molecule has 0 bridgehead atoms. The van der Waals surface area contributed by atoms with Crippen molar-refractivity contribution in [1.29, 1.82) is 0 Å². The van der Waals surface area contributed by atoms with Crippen LogP contribution in [0.25, 0.3) is 38.9 Å². The minimum absolute atomic E-state index is 0.225. The third-order valence-electron chi connectivity index (χ3n) is 15.3. The third kappa shape index (κ3) is 3.09. The van der Waals surface area contributed by atoms with Gasteiger partial charge in [-0.1, -0.05) is 116 Å². The van der Waals surface area contributed by atoms with Gasteiger partial charge in [-0.2, -0.15) is 18.9 Å². The average Bonchev–Trinajstić information content (AvgIpc) is 3.71. The molecule has 0 N–H and O–H groups in total. The number of hydrogen-bond acceptors (Lipinski definition) is 2. The molecule has 5 aromatic carbocycles. The van der Waals surface area contributed by atoms with Crippen molar-refractivity contribution < 1.29 is 9.13 Å². The largest absolute Gasteiger partial charge is 0.319 e. The van der Waals surface area contributed by atoms with E-state index in [4.69, 9.17) is 0 Å². The summed E-state index contributed by atoms with van der Waals surface area (Å²) in [6.45, 7) is 19.2. The molecule has 5 heteroatoms. The Labute approximate surface area is 339 Å². The van der Waals surface area contributed by atoms with Crippen LogP contribution in [0.1, 0.15) is 112 Å². The average molecular weight is 752 g/mol. The van der Waals surface area contributed by atoms with Gasteiger partial charge in [0.1, 0.15) is 22.5 Å². The Morgan fingerprint density at radius 1 is 0.483 bits per heavy atom. The summed E-state index contributed by atoms with van der Waals surface area (Å²) in [6.07, 6.45) is 0. The molecular formula is C53H45N5+2. The van der Waals surface area contributed by atoms with Gasteiger partial charge in [0.2, 0.25) is 0 Å². The molecule has 58 heavy (non-hydrogen) atoms. The number of rotatable bonds is 2. The van der Waals surface area contributed by atoms with Crippen LogP contribution in [0.4, 0.5) is 34.4 Å². The highest BCUT2D eigenvalue weighted by atomic mass is 15.5. The summed E-state index contributed by atoms with van der Waals surface area (Å²) in [6, 6.07) is 45.2. The first-order valence-corrected chi connectivity index (χ1v) is 21.3. The minimum Gasteiger partial charge on any atom is -0.308 e. The Morgan fingerprint density at radius 2 is 1.02 bits per heavy atom. The molecule has 9 heterocycles. The molecule has 5 nitrogen and oxygen atoms in total. The number of pyridine rings is 2. The van der Waals surface area contributed by atoms with E-state index in [1.54, 1.807) is 0 Å². The normalized spacial score (nSPS) is 19.3. The number of hydrogen-bond donors (Lipinski definition) is 0. The molecule has 280 valence electrons. The van der Waals surface area contributed by atoms with Crippen LogP contribution in [0, 0.1) is 0 Å². The van der Waals surface area contributed by atoms with E-state index in [9.17, 15) is 0 Å². The Bertz CT molecular complexity index is 3260. The highest BCUT2D eigenvalue weighted by Crippen LogP contribution is 2.67. The zero-order valence-electron chi connectivity index (χ0n) is 34.4. The van der Waals surface area contributed by atoms with E-state index in [0.717, 1.165) is 0 Å². The Hall–Kier alpha value is -6.20. The van der Waals surface area contributed by atoms with Crippen LogP contribution in [-0.2, 0) is 16.5 Å². The second kappa shape index (κ2) is 9.56. The van der Waals surface area contributed by atoms with Crippen LogP contribution in [0.2, 0.25) is 0 Å². The molecule has 8 aromatic rings. The topological polar surface area (TPSA) is 19.2 Å².